The molecule has 0 radical (unpaired) electrons. The molecule has 0 saturated heterocycles. The van der Waals surface area contributed by atoms with E-state index in [2.05, 4.69) is 5.32 Å². The van der Waals surface area contributed by atoms with Crippen molar-refractivity contribution < 1.29 is 14.3 Å². The van der Waals surface area contributed by atoms with Crippen LogP contribution >= 0.6 is 0 Å². The number of ketones is 1. The Labute approximate surface area is 91.4 Å². The Kier molecular flexibility index (Phi) is 7.91. The number of hydrogen-bond donors (Lipinski definition) is 1. The van der Waals surface area contributed by atoms with Gasteiger partial charge >= 0.3 is 0 Å². The molecule has 0 spiro atoms. The first-order chi connectivity index (χ1) is 7.11. The Bertz CT molecular complexity index is 204. The van der Waals surface area contributed by atoms with Crippen molar-refractivity contribution in [1.29, 1.82) is 0 Å². The number of hydrogen-bond acceptors (Lipinski definition) is 3. The molecule has 0 aromatic carbocycles. The summed E-state index contributed by atoms with van der Waals surface area (Å²) in [4.78, 5) is 22.5. The summed E-state index contributed by atoms with van der Waals surface area (Å²) in [5.41, 5.74) is 0. The van der Waals surface area contributed by atoms with Gasteiger partial charge in [-0.05, 0) is 20.3 Å². The first-order valence-electron chi connectivity index (χ1n) is 5.51. The van der Waals surface area contributed by atoms with Crippen molar-refractivity contribution in [3.8, 4) is 0 Å². The van der Waals surface area contributed by atoms with Gasteiger partial charge in [0.25, 0.3) is 0 Å². The summed E-state index contributed by atoms with van der Waals surface area (Å²) in [5.74, 6) is -0.0165. The molecule has 1 atom stereocenters. The van der Waals surface area contributed by atoms with Gasteiger partial charge in [0.15, 0.2) is 5.78 Å². The predicted octanol–water partition coefficient (Wildman–Crippen LogP) is 1.29. The van der Waals surface area contributed by atoms with E-state index in [4.69, 9.17) is 4.74 Å². The molecule has 0 saturated carbocycles. The SMILES string of the molecule is CCOCCCC(=O)NC(C)C(=O)CC. The topological polar surface area (TPSA) is 55.4 Å². The van der Waals surface area contributed by atoms with Crippen LogP contribution in [0.5, 0.6) is 0 Å². The molecule has 1 amide bonds. The molecule has 0 bridgehead atoms. The first kappa shape index (κ1) is 14.1. The Balaban J connectivity index is 3.60. The van der Waals surface area contributed by atoms with Crippen LogP contribution < -0.4 is 5.32 Å². The van der Waals surface area contributed by atoms with Gasteiger partial charge in [-0.3, -0.25) is 9.59 Å². The molecule has 0 aromatic rings. The molecule has 15 heavy (non-hydrogen) atoms. The lowest BCUT2D eigenvalue weighted by molar-refractivity contribution is -0.127. The van der Waals surface area contributed by atoms with Crippen LogP contribution in [-0.2, 0) is 14.3 Å². The normalized spacial score (nSPS) is 12.2. The second kappa shape index (κ2) is 8.41. The van der Waals surface area contributed by atoms with E-state index >= 15 is 0 Å². The summed E-state index contributed by atoms with van der Waals surface area (Å²) in [6.45, 7) is 6.70. The van der Waals surface area contributed by atoms with E-state index in [9.17, 15) is 9.59 Å². The second-order valence-corrected chi connectivity index (χ2v) is 3.41. The lowest BCUT2D eigenvalue weighted by Gasteiger charge is -2.11. The maximum Gasteiger partial charge on any atom is 0.220 e. The number of rotatable bonds is 8. The van der Waals surface area contributed by atoms with Gasteiger partial charge in [0, 0.05) is 26.1 Å². The van der Waals surface area contributed by atoms with Crippen LogP contribution in [-0.4, -0.2) is 30.9 Å². The molecule has 4 nitrogen and oxygen atoms in total. The van der Waals surface area contributed by atoms with Gasteiger partial charge in [-0.25, -0.2) is 0 Å². The second-order valence-electron chi connectivity index (χ2n) is 3.41. The summed E-state index contributed by atoms with van der Waals surface area (Å²) < 4.78 is 5.11. The lowest BCUT2D eigenvalue weighted by Crippen LogP contribution is -2.38. The minimum atomic E-state index is -0.366. The molecule has 0 fully saturated rings. The van der Waals surface area contributed by atoms with E-state index < -0.39 is 0 Å². The van der Waals surface area contributed by atoms with Crippen LogP contribution in [0.2, 0.25) is 0 Å². The van der Waals surface area contributed by atoms with E-state index in [0.29, 0.717) is 32.5 Å². The fourth-order valence-corrected chi connectivity index (χ4v) is 1.18. The minimum Gasteiger partial charge on any atom is -0.382 e. The fourth-order valence-electron chi connectivity index (χ4n) is 1.18. The van der Waals surface area contributed by atoms with E-state index in [1.165, 1.54) is 0 Å². The largest absolute Gasteiger partial charge is 0.382 e. The van der Waals surface area contributed by atoms with Gasteiger partial charge in [0.05, 0.1) is 6.04 Å². The Morgan fingerprint density at radius 2 is 2.00 bits per heavy atom. The molecular formula is C11H21NO3. The molecule has 0 rings (SSSR count). The van der Waals surface area contributed by atoms with Gasteiger partial charge in [-0.1, -0.05) is 6.92 Å². The van der Waals surface area contributed by atoms with Crippen molar-refractivity contribution in [3.05, 3.63) is 0 Å². The van der Waals surface area contributed by atoms with Crippen LogP contribution in [0.1, 0.15) is 40.0 Å². The highest BCUT2D eigenvalue weighted by molar-refractivity contribution is 5.88. The zero-order valence-electron chi connectivity index (χ0n) is 9.84. The number of carbonyl (C=O) groups is 2. The molecule has 0 aliphatic heterocycles. The first-order valence-corrected chi connectivity index (χ1v) is 5.51. The highest BCUT2D eigenvalue weighted by Crippen LogP contribution is 1.94. The number of ether oxygens (including phenoxy) is 1. The summed E-state index contributed by atoms with van der Waals surface area (Å²) in [6.07, 6.45) is 1.58. The summed E-state index contributed by atoms with van der Waals surface area (Å²) >= 11 is 0. The summed E-state index contributed by atoms with van der Waals surface area (Å²) in [6, 6.07) is -0.366. The molecule has 0 aromatic heterocycles. The molecule has 88 valence electrons. The van der Waals surface area contributed by atoms with Crippen LogP contribution in [0.4, 0.5) is 0 Å². The van der Waals surface area contributed by atoms with Crippen LogP contribution in [0.3, 0.4) is 0 Å². The molecule has 4 heteroatoms. The average Bonchev–Trinajstić information content (AvgIpc) is 2.23. The summed E-state index contributed by atoms with van der Waals surface area (Å²) in [5, 5.41) is 2.66. The smallest absolute Gasteiger partial charge is 0.220 e. The molecule has 1 N–H and O–H groups in total. The molecule has 0 heterocycles. The number of amides is 1. The van der Waals surface area contributed by atoms with Crippen molar-refractivity contribution in [2.75, 3.05) is 13.2 Å². The van der Waals surface area contributed by atoms with Crippen LogP contribution in [0.25, 0.3) is 0 Å². The number of nitrogens with one attached hydrogen (secondary N) is 1. The third-order valence-electron chi connectivity index (χ3n) is 2.11. The van der Waals surface area contributed by atoms with Gasteiger partial charge in [0.2, 0.25) is 5.91 Å². The van der Waals surface area contributed by atoms with E-state index in [-0.39, 0.29) is 17.7 Å². The third-order valence-corrected chi connectivity index (χ3v) is 2.11. The summed E-state index contributed by atoms with van der Waals surface area (Å²) in [7, 11) is 0. The van der Waals surface area contributed by atoms with Crippen molar-refractivity contribution >= 4 is 11.7 Å². The van der Waals surface area contributed by atoms with Crippen LogP contribution in [0, 0.1) is 0 Å². The molecule has 1 unspecified atom stereocenters. The highest BCUT2D eigenvalue weighted by atomic mass is 16.5. The number of Topliss-reactive ketones (excluding diaryl/α,β-unsaturated/α-hetero) is 1. The third kappa shape index (κ3) is 7.08. The van der Waals surface area contributed by atoms with E-state index in [1.54, 1.807) is 13.8 Å². The number of carbonyl (C=O) groups excluding carboxylic acids is 2. The van der Waals surface area contributed by atoms with Crippen LogP contribution in [0.15, 0.2) is 0 Å². The van der Waals surface area contributed by atoms with Crippen molar-refractivity contribution in [1.82, 2.24) is 5.32 Å². The molecule has 0 aliphatic carbocycles. The quantitative estimate of drug-likeness (QED) is 0.621. The average molecular weight is 215 g/mol. The van der Waals surface area contributed by atoms with Gasteiger partial charge < -0.3 is 10.1 Å². The minimum absolute atomic E-state index is 0.0631. The van der Waals surface area contributed by atoms with E-state index in [1.807, 2.05) is 6.92 Å². The maximum atomic E-state index is 11.3. The van der Waals surface area contributed by atoms with Crippen molar-refractivity contribution in [2.45, 2.75) is 46.1 Å². The highest BCUT2D eigenvalue weighted by Gasteiger charge is 2.12. The maximum absolute atomic E-state index is 11.3. The van der Waals surface area contributed by atoms with Gasteiger partial charge in [-0.15, -0.1) is 0 Å². The fraction of sp³-hybridized carbons (Fsp3) is 0.818. The van der Waals surface area contributed by atoms with E-state index in [0.717, 1.165) is 0 Å². The lowest BCUT2D eigenvalue weighted by atomic mass is 10.1. The van der Waals surface area contributed by atoms with Gasteiger partial charge in [-0.2, -0.15) is 0 Å². The molecule has 0 aliphatic rings. The predicted molar refractivity (Wildman–Crippen MR) is 58.6 cm³/mol. The monoisotopic (exact) mass is 215 g/mol. The van der Waals surface area contributed by atoms with Gasteiger partial charge in [0.1, 0.15) is 0 Å². The van der Waals surface area contributed by atoms with Crippen molar-refractivity contribution in [3.63, 3.8) is 0 Å². The van der Waals surface area contributed by atoms with Crippen molar-refractivity contribution in [2.24, 2.45) is 0 Å². The standard InChI is InChI=1S/C11H21NO3/c1-4-10(13)9(3)12-11(14)7-6-8-15-5-2/h9H,4-8H2,1-3H3,(H,12,14). The zero-order chi connectivity index (χ0) is 11.7. The Morgan fingerprint density at radius 1 is 1.33 bits per heavy atom. The molecular weight excluding hydrogens is 194 g/mol. The zero-order valence-corrected chi connectivity index (χ0v) is 9.84. The Morgan fingerprint density at radius 3 is 2.53 bits per heavy atom. The Hall–Kier alpha value is -0.900.